The molecule has 1 aliphatic rings. The van der Waals surface area contributed by atoms with Crippen LogP contribution < -0.4 is 0 Å². The van der Waals surface area contributed by atoms with Gasteiger partial charge in [0.25, 0.3) is 0 Å². The normalized spacial score (nSPS) is 26.1. The van der Waals surface area contributed by atoms with E-state index in [0.29, 0.717) is 32.0 Å². The van der Waals surface area contributed by atoms with Gasteiger partial charge >= 0.3 is 0 Å². The van der Waals surface area contributed by atoms with Crippen LogP contribution in [0.25, 0.3) is 6.08 Å². The van der Waals surface area contributed by atoms with Crippen molar-refractivity contribution in [2.45, 2.75) is 64.4 Å². The summed E-state index contributed by atoms with van der Waals surface area (Å²) < 4.78 is 11.0. The second-order valence-corrected chi connectivity index (χ2v) is 10.2. The fourth-order valence-corrected chi connectivity index (χ4v) is 4.73. The number of thiophene rings is 1. The van der Waals surface area contributed by atoms with Crippen LogP contribution in [0.3, 0.4) is 0 Å². The summed E-state index contributed by atoms with van der Waals surface area (Å²) in [7, 11) is 1.44. The highest BCUT2D eigenvalue weighted by Crippen LogP contribution is 2.19. The van der Waals surface area contributed by atoms with E-state index >= 15 is 0 Å². The lowest BCUT2D eigenvalue weighted by Crippen LogP contribution is -2.53. The molecule has 0 bridgehead atoms. The summed E-state index contributed by atoms with van der Waals surface area (Å²) in [5.41, 5.74) is 0. The number of aliphatic hydroxyl groups excluding tert-OH is 2. The zero-order chi connectivity index (χ0) is 25.1. The SMILES string of the molecule is CO[C@@H]1CN(C(C)=O)C[C@@H](CC(C)C)N(C(=O)/C=C/c2cccs2)CCCCOC[C@@H](O)[C@H]1O. The molecule has 2 heterocycles. The van der Waals surface area contributed by atoms with Crippen molar-refractivity contribution in [1.82, 2.24) is 9.80 Å². The molecule has 1 aliphatic heterocycles. The zero-order valence-corrected chi connectivity index (χ0v) is 21.6. The Labute approximate surface area is 207 Å². The van der Waals surface area contributed by atoms with Crippen molar-refractivity contribution in [2.24, 2.45) is 5.92 Å². The molecule has 8 nitrogen and oxygen atoms in total. The molecule has 192 valence electrons. The summed E-state index contributed by atoms with van der Waals surface area (Å²) in [5, 5.41) is 22.9. The van der Waals surface area contributed by atoms with Gasteiger partial charge in [-0.1, -0.05) is 19.9 Å². The van der Waals surface area contributed by atoms with Gasteiger partial charge in [0.05, 0.1) is 6.61 Å². The van der Waals surface area contributed by atoms with Crippen LogP contribution in [0.5, 0.6) is 0 Å². The Kier molecular flexibility index (Phi) is 12.2. The lowest BCUT2D eigenvalue weighted by atomic mass is 10.00. The van der Waals surface area contributed by atoms with E-state index in [2.05, 4.69) is 13.8 Å². The summed E-state index contributed by atoms with van der Waals surface area (Å²) in [6, 6.07) is 3.70. The lowest BCUT2D eigenvalue weighted by molar-refractivity contribution is -0.140. The Morgan fingerprint density at radius 3 is 2.68 bits per heavy atom. The second kappa shape index (κ2) is 14.6. The van der Waals surface area contributed by atoms with Crippen molar-refractivity contribution in [3.8, 4) is 0 Å². The Hall–Kier alpha value is -1.78. The Morgan fingerprint density at radius 1 is 1.29 bits per heavy atom. The highest BCUT2D eigenvalue weighted by Gasteiger charge is 2.32. The van der Waals surface area contributed by atoms with Gasteiger partial charge in [-0.15, -0.1) is 11.3 Å². The van der Waals surface area contributed by atoms with Crippen LogP contribution in [0, 0.1) is 5.92 Å². The van der Waals surface area contributed by atoms with E-state index in [9.17, 15) is 19.8 Å². The van der Waals surface area contributed by atoms with Crippen molar-refractivity contribution < 1.29 is 29.3 Å². The number of rotatable bonds is 5. The van der Waals surface area contributed by atoms with E-state index < -0.39 is 18.3 Å². The quantitative estimate of drug-likeness (QED) is 0.608. The number of aliphatic hydroxyl groups is 2. The standard InChI is InChI=1S/C25H40N2O6S/c1-18(2)14-20-15-26(19(3)28)16-23(32-4)25(31)22(29)17-33-12-6-5-11-27(20)24(30)10-9-21-8-7-13-34-21/h7-10,13,18,20,22-23,25,29,31H,5-6,11-12,14-17H2,1-4H3/b10-9+/t20-,22-,23-,25-/m1/s1. The summed E-state index contributed by atoms with van der Waals surface area (Å²) in [4.78, 5) is 30.4. The summed E-state index contributed by atoms with van der Waals surface area (Å²) >= 11 is 1.57. The van der Waals surface area contributed by atoms with Crippen LogP contribution in [0.4, 0.5) is 0 Å². The van der Waals surface area contributed by atoms with Gasteiger partial charge in [-0.05, 0) is 42.7 Å². The summed E-state index contributed by atoms with van der Waals surface area (Å²) in [5.74, 6) is 0.0416. The first kappa shape index (κ1) is 28.5. The number of methoxy groups -OCH3 is 1. The molecule has 2 rings (SSSR count). The number of hydrogen-bond acceptors (Lipinski definition) is 7. The monoisotopic (exact) mass is 496 g/mol. The maximum Gasteiger partial charge on any atom is 0.246 e. The van der Waals surface area contributed by atoms with Crippen molar-refractivity contribution in [2.75, 3.05) is 40.0 Å². The molecule has 1 saturated heterocycles. The third-order valence-electron chi connectivity index (χ3n) is 5.98. The molecule has 2 N–H and O–H groups in total. The first-order chi connectivity index (χ1) is 16.2. The molecular formula is C25H40N2O6S. The highest BCUT2D eigenvalue weighted by atomic mass is 32.1. The van der Waals surface area contributed by atoms with E-state index in [1.54, 1.807) is 22.3 Å². The van der Waals surface area contributed by atoms with E-state index in [4.69, 9.17) is 9.47 Å². The Bertz CT molecular complexity index is 769. The fraction of sp³-hybridized carbons (Fsp3) is 0.680. The van der Waals surface area contributed by atoms with E-state index in [0.717, 1.165) is 17.7 Å². The third kappa shape index (κ3) is 9.11. The molecule has 0 aliphatic carbocycles. The summed E-state index contributed by atoms with van der Waals surface area (Å²) in [6.07, 6.45) is 2.49. The first-order valence-corrected chi connectivity index (χ1v) is 12.8. The van der Waals surface area contributed by atoms with Gasteiger partial charge in [0.15, 0.2) is 0 Å². The minimum Gasteiger partial charge on any atom is -0.388 e. The average molecular weight is 497 g/mol. The molecule has 1 fully saturated rings. The molecule has 9 heteroatoms. The number of nitrogens with zero attached hydrogens (tertiary/aromatic N) is 2. The first-order valence-electron chi connectivity index (χ1n) is 12.0. The minimum absolute atomic E-state index is 0.0245. The number of amides is 2. The predicted octanol–water partition coefficient (Wildman–Crippen LogP) is 2.40. The molecule has 1 aromatic heterocycles. The van der Waals surface area contributed by atoms with Gasteiger partial charge in [-0.3, -0.25) is 9.59 Å². The largest absolute Gasteiger partial charge is 0.388 e. The number of carbonyl (C=O) groups excluding carboxylic acids is 2. The minimum atomic E-state index is -1.20. The van der Waals surface area contributed by atoms with Crippen LogP contribution in [-0.2, 0) is 19.1 Å². The Balaban J connectivity index is 2.33. The molecular weight excluding hydrogens is 456 g/mol. The topological polar surface area (TPSA) is 99.5 Å². The van der Waals surface area contributed by atoms with Crippen molar-refractivity contribution >= 4 is 29.2 Å². The molecule has 0 radical (unpaired) electrons. The average Bonchev–Trinajstić information content (AvgIpc) is 3.31. The highest BCUT2D eigenvalue weighted by molar-refractivity contribution is 7.10. The van der Waals surface area contributed by atoms with Crippen molar-refractivity contribution in [1.29, 1.82) is 0 Å². The number of carbonyl (C=O) groups is 2. The molecule has 0 spiro atoms. The molecule has 4 atom stereocenters. The lowest BCUT2D eigenvalue weighted by Gasteiger charge is -2.38. The van der Waals surface area contributed by atoms with Crippen LogP contribution in [0.15, 0.2) is 23.6 Å². The van der Waals surface area contributed by atoms with Gasteiger partial charge < -0.3 is 29.5 Å². The molecule has 34 heavy (non-hydrogen) atoms. The van der Waals surface area contributed by atoms with Gasteiger partial charge in [-0.25, -0.2) is 0 Å². The maximum absolute atomic E-state index is 13.3. The van der Waals surface area contributed by atoms with Gasteiger partial charge in [0.2, 0.25) is 11.8 Å². The van der Waals surface area contributed by atoms with Gasteiger partial charge in [0.1, 0.15) is 18.3 Å². The molecule has 2 amide bonds. The molecule has 0 aromatic carbocycles. The predicted molar refractivity (Wildman–Crippen MR) is 133 cm³/mol. The fourth-order valence-electron chi connectivity index (χ4n) is 4.11. The smallest absolute Gasteiger partial charge is 0.246 e. The van der Waals surface area contributed by atoms with E-state index in [1.807, 2.05) is 28.5 Å². The van der Waals surface area contributed by atoms with Crippen molar-refractivity contribution in [3.05, 3.63) is 28.5 Å². The summed E-state index contributed by atoms with van der Waals surface area (Å²) in [6.45, 7) is 7.03. The van der Waals surface area contributed by atoms with Crippen LogP contribution in [0.2, 0.25) is 0 Å². The number of hydrogen-bond donors (Lipinski definition) is 2. The van der Waals surface area contributed by atoms with Crippen LogP contribution in [0.1, 0.15) is 44.9 Å². The Morgan fingerprint density at radius 2 is 2.06 bits per heavy atom. The zero-order valence-electron chi connectivity index (χ0n) is 20.8. The van der Waals surface area contributed by atoms with E-state index in [-0.39, 0.29) is 31.0 Å². The number of ether oxygens (including phenoxy) is 2. The van der Waals surface area contributed by atoms with Gasteiger partial charge in [0, 0.05) is 57.3 Å². The van der Waals surface area contributed by atoms with E-state index in [1.165, 1.54) is 14.0 Å². The van der Waals surface area contributed by atoms with Crippen LogP contribution >= 0.6 is 11.3 Å². The maximum atomic E-state index is 13.3. The van der Waals surface area contributed by atoms with Gasteiger partial charge in [-0.2, -0.15) is 0 Å². The third-order valence-corrected chi connectivity index (χ3v) is 6.82. The molecule has 0 saturated carbocycles. The molecule has 0 unspecified atom stereocenters. The van der Waals surface area contributed by atoms with Crippen LogP contribution in [-0.4, -0.2) is 96.1 Å². The molecule has 1 aromatic rings. The van der Waals surface area contributed by atoms with Crippen molar-refractivity contribution in [3.63, 3.8) is 0 Å². The second-order valence-electron chi connectivity index (χ2n) is 9.20.